The minimum Gasteiger partial charge on any atom is -0.505 e. The van der Waals surface area contributed by atoms with E-state index in [2.05, 4.69) is 6.58 Å². The normalized spacial score (nSPS) is 15.3. The molecule has 0 aliphatic carbocycles. The Morgan fingerprint density at radius 2 is 1.69 bits per heavy atom. The zero-order chi connectivity index (χ0) is 20.7. The smallest absolute Gasteiger partial charge is 0.346 e. The van der Waals surface area contributed by atoms with Crippen molar-refractivity contribution < 1.29 is 29.2 Å². The number of aromatic hydroxyl groups is 2. The van der Waals surface area contributed by atoms with Gasteiger partial charge in [-0.15, -0.1) is 0 Å². The fourth-order valence-corrected chi connectivity index (χ4v) is 3.31. The topological polar surface area (TPSA) is 91.2 Å². The van der Waals surface area contributed by atoms with Crippen molar-refractivity contribution in [2.45, 2.75) is 0 Å². The van der Waals surface area contributed by atoms with E-state index in [0.717, 1.165) is 32.4 Å². The number of esters is 1. The molecule has 2 aliphatic heterocycles. The molecule has 2 heterocycles. The van der Waals surface area contributed by atoms with Gasteiger partial charge in [-0.1, -0.05) is 12.6 Å². The number of nitrogens with zero attached hydrogens (tertiary/aromatic N) is 2. The molecule has 0 radical (unpaired) electrons. The number of anilines is 2. The summed E-state index contributed by atoms with van der Waals surface area (Å²) in [4.78, 5) is 16.4. The number of phenols is 2. The quantitative estimate of drug-likeness (QED) is 0.419. The maximum absolute atomic E-state index is 12.7. The van der Waals surface area contributed by atoms with Gasteiger partial charge in [0, 0.05) is 31.4 Å². The van der Waals surface area contributed by atoms with Crippen LogP contribution in [0.4, 0.5) is 11.4 Å². The van der Waals surface area contributed by atoms with Crippen LogP contribution >= 0.6 is 0 Å². The van der Waals surface area contributed by atoms with Gasteiger partial charge in [0.1, 0.15) is 17.6 Å². The second-order valence-corrected chi connectivity index (χ2v) is 6.82. The number of phenolic OH excluding ortho intramolecular Hbond substituents is 2. The second kappa shape index (κ2) is 7.12. The molecule has 0 amide bonds. The molecule has 8 heteroatoms. The van der Waals surface area contributed by atoms with Crippen molar-refractivity contribution in [2.75, 3.05) is 50.2 Å². The summed E-state index contributed by atoms with van der Waals surface area (Å²) in [6.45, 7) is 6.89. The lowest BCUT2D eigenvalue weighted by molar-refractivity contribution is 0.0701. The molecule has 0 saturated carbocycles. The number of para-hydroxylation sites is 1. The summed E-state index contributed by atoms with van der Waals surface area (Å²) >= 11 is 0. The number of carbonyl (C=O) groups is 1. The van der Waals surface area contributed by atoms with Crippen molar-refractivity contribution >= 4 is 30.2 Å². The minimum absolute atomic E-state index is 0.0246. The van der Waals surface area contributed by atoms with Gasteiger partial charge < -0.3 is 34.2 Å². The number of methoxy groups -OCH3 is 2. The first kappa shape index (κ1) is 18.8. The van der Waals surface area contributed by atoms with Crippen LogP contribution in [-0.2, 0) is 4.74 Å². The van der Waals surface area contributed by atoms with Gasteiger partial charge in [-0.25, -0.2) is 4.79 Å². The van der Waals surface area contributed by atoms with E-state index in [1.54, 1.807) is 18.2 Å². The van der Waals surface area contributed by atoms with Crippen LogP contribution in [0.25, 0.3) is 12.8 Å². The Balaban J connectivity index is 1.78. The molecule has 0 unspecified atom stereocenters. The number of benzene rings is 2. The second-order valence-electron chi connectivity index (χ2n) is 6.82. The van der Waals surface area contributed by atoms with Crippen LogP contribution in [0.5, 0.6) is 23.0 Å². The molecule has 152 valence electrons. The summed E-state index contributed by atoms with van der Waals surface area (Å²) in [5.74, 6) is -0.119. The first-order valence-electron chi connectivity index (χ1n) is 9.16. The molecule has 2 aromatic carbocycles. The van der Waals surface area contributed by atoms with E-state index in [4.69, 9.17) is 14.2 Å². The highest BCUT2D eigenvalue weighted by Gasteiger charge is 2.31. The Morgan fingerprint density at radius 3 is 2.28 bits per heavy atom. The lowest BCUT2D eigenvalue weighted by atomic mass is 10.1. The van der Waals surface area contributed by atoms with Crippen LogP contribution in [0.2, 0.25) is 0 Å². The fraction of sp³-hybridized carbons (Fsp3) is 0.286. The van der Waals surface area contributed by atoms with Gasteiger partial charge in [0.25, 0.3) is 0 Å². The van der Waals surface area contributed by atoms with Gasteiger partial charge in [0.15, 0.2) is 17.2 Å². The average Bonchev–Trinajstić information content (AvgIpc) is 3.62. The largest absolute Gasteiger partial charge is 0.505 e. The molecule has 4 rings (SSSR count). The molecule has 2 saturated heterocycles. The highest BCUT2D eigenvalue weighted by molar-refractivity contribution is 5.95. The maximum Gasteiger partial charge on any atom is 0.346 e. The van der Waals surface area contributed by atoms with Crippen LogP contribution in [-0.4, -0.2) is 56.6 Å². The standard InChI is InChI=1S/C21H22N2O6/c1-12-16(22-7-8-22)19(25)14(17(18(12)24)23-9-10-23)11-29-21(26)13-5-4-6-15(27-2)20(13)28-3/h4-6,11,24-25H,1,7-10H2,2-3H3/b14-11+. The van der Waals surface area contributed by atoms with Crippen molar-refractivity contribution in [3.63, 3.8) is 0 Å². The number of ether oxygens (including phenoxy) is 3. The van der Waals surface area contributed by atoms with Crippen molar-refractivity contribution in [3.05, 3.63) is 34.2 Å². The summed E-state index contributed by atoms with van der Waals surface area (Å²) < 4.78 is 15.9. The van der Waals surface area contributed by atoms with E-state index >= 15 is 0 Å². The number of carbonyl (C=O) groups excluding carboxylic acids is 1. The molecule has 2 fully saturated rings. The van der Waals surface area contributed by atoms with E-state index < -0.39 is 5.97 Å². The van der Waals surface area contributed by atoms with E-state index in [1.165, 1.54) is 14.2 Å². The molecule has 0 aromatic heterocycles. The summed E-state index contributed by atoms with van der Waals surface area (Å²) in [5, 5.41) is 22.1. The summed E-state index contributed by atoms with van der Waals surface area (Å²) in [7, 11) is 2.91. The third-order valence-electron chi connectivity index (χ3n) is 4.96. The molecular formula is C21H22N2O6. The SMILES string of the molecule is C=c1c(O)c(N2CC2)/c(=C\OC(=O)c2cccc(OC)c2OC)c(O)c1N1CC1. The van der Waals surface area contributed by atoms with Crippen molar-refractivity contribution in [1.29, 1.82) is 0 Å². The Morgan fingerprint density at radius 1 is 1.03 bits per heavy atom. The summed E-state index contributed by atoms with van der Waals surface area (Å²) in [6, 6.07) is 4.88. The van der Waals surface area contributed by atoms with E-state index in [9.17, 15) is 15.0 Å². The van der Waals surface area contributed by atoms with Gasteiger partial charge in [0.05, 0.1) is 30.8 Å². The van der Waals surface area contributed by atoms with Crippen molar-refractivity contribution in [2.24, 2.45) is 0 Å². The van der Waals surface area contributed by atoms with Crippen molar-refractivity contribution in [3.8, 4) is 23.0 Å². The summed E-state index contributed by atoms with van der Waals surface area (Å²) in [5.41, 5.74) is 1.04. The highest BCUT2D eigenvalue weighted by atomic mass is 16.5. The zero-order valence-corrected chi connectivity index (χ0v) is 16.3. The lowest BCUT2D eigenvalue weighted by Gasteiger charge is -2.15. The Hall–Kier alpha value is -3.55. The molecule has 2 aromatic rings. The summed E-state index contributed by atoms with van der Waals surface area (Å²) in [6.07, 6.45) is 1.16. The molecule has 2 N–H and O–H groups in total. The van der Waals surface area contributed by atoms with Gasteiger partial charge in [-0.05, 0) is 12.1 Å². The third-order valence-corrected chi connectivity index (χ3v) is 4.96. The van der Waals surface area contributed by atoms with Gasteiger partial charge >= 0.3 is 5.97 Å². The molecule has 29 heavy (non-hydrogen) atoms. The lowest BCUT2D eigenvalue weighted by Crippen LogP contribution is -2.21. The predicted molar refractivity (Wildman–Crippen MR) is 108 cm³/mol. The molecule has 0 bridgehead atoms. The Labute approximate surface area is 167 Å². The Bertz CT molecular complexity index is 1090. The molecule has 8 nitrogen and oxygen atoms in total. The highest BCUT2D eigenvalue weighted by Crippen LogP contribution is 2.34. The van der Waals surface area contributed by atoms with Gasteiger partial charge in [0.2, 0.25) is 0 Å². The minimum atomic E-state index is -0.677. The fourth-order valence-electron chi connectivity index (χ4n) is 3.31. The van der Waals surface area contributed by atoms with Crippen LogP contribution in [0.3, 0.4) is 0 Å². The molecule has 0 atom stereocenters. The van der Waals surface area contributed by atoms with Crippen LogP contribution in [0.1, 0.15) is 10.4 Å². The van der Waals surface area contributed by atoms with E-state index in [1.807, 2.05) is 9.80 Å². The molecular weight excluding hydrogens is 376 g/mol. The number of hydrogen-bond acceptors (Lipinski definition) is 8. The van der Waals surface area contributed by atoms with Crippen LogP contribution in [0.15, 0.2) is 18.2 Å². The average molecular weight is 398 g/mol. The monoisotopic (exact) mass is 398 g/mol. The van der Waals surface area contributed by atoms with Gasteiger partial charge in [-0.3, -0.25) is 0 Å². The molecule has 2 aliphatic rings. The predicted octanol–water partition coefficient (Wildman–Crippen LogP) is 0.760. The van der Waals surface area contributed by atoms with Crippen LogP contribution in [0, 0.1) is 0 Å². The van der Waals surface area contributed by atoms with Crippen LogP contribution < -0.4 is 29.7 Å². The zero-order valence-electron chi connectivity index (χ0n) is 16.3. The first-order chi connectivity index (χ1) is 14.0. The van der Waals surface area contributed by atoms with E-state index in [0.29, 0.717) is 22.3 Å². The molecule has 0 spiro atoms. The third kappa shape index (κ3) is 3.26. The maximum atomic E-state index is 12.7. The Kier molecular flexibility index (Phi) is 4.62. The van der Waals surface area contributed by atoms with E-state index in [-0.39, 0.29) is 28.0 Å². The number of hydrogen-bond donors (Lipinski definition) is 2. The number of rotatable bonds is 6. The first-order valence-corrected chi connectivity index (χ1v) is 9.16. The van der Waals surface area contributed by atoms with Crippen molar-refractivity contribution in [1.82, 2.24) is 0 Å². The van der Waals surface area contributed by atoms with Gasteiger partial charge in [-0.2, -0.15) is 0 Å².